The highest BCUT2D eigenvalue weighted by Crippen LogP contribution is 2.39. The standard InChI is InChI=1S/C15H21N3O3/c1-11-5-7-15(10-16,8-6-11)14(19)17-12-3-2-4-13(9-12)18(20)21/h2-4,9,11H,5-8,10,16H2,1H3,(H,17,19). The first kappa shape index (κ1) is 15.4. The van der Waals surface area contributed by atoms with E-state index in [9.17, 15) is 14.9 Å². The van der Waals surface area contributed by atoms with Gasteiger partial charge in [-0.05, 0) is 37.7 Å². The van der Waals surface area contributed by atoms with Crippen molar-refractivity contribution >= 4 is 17.3 Å². The highest BCUT2D eigenvalue weighted by molar-refractivity contribution is 5.95. The van der Waals surface area contributed by atoms with Crippen molar-refractivity contribution in [2.45, 2.75) is 32.6 Å². The maximum absolute atomic E-state index is 12.5. The number of hydrogen-bond donors (Lipinski definition) is 2. The van der Waals surface area contributed by atoms with Crippen molar-refractivity contribution in [3.8, 4) is 0 Å². The molecule has 0 unspecified atom stereocenters. The molecule has 0 aliphatic heterocycles. The summed E-state index contributed by atoms with van der Waals surface area (Å²) >= 11 is 0. The molecule has 1 aliphatic rings. The van der Waals surface area contributed by atoms with Crippen molar-refractivity contribution in [2.75, 3.05) is 11.9 Å². The van der Waals surface area contributed by atoms with Crippen LogP contribution in [0.2, 0.25) is 0 Å². The third-order valence-corrected chi connectivity index (χ3v) is 4.42. The number of rotatable bonds is 4. The maximum atomic E-state index is 12.5. The van der Waals surface area contributed by atoms with Crippen molar-refractivity contribution in [3.63, 3.8) is 0 Å². The normalized spacial score (nSPS) is 25.3. The summed E-state index contributed by atoms with van der Waals surface area (Å²) < 4.78 is 0. The van der Waals surface area contributed by atoms with Gasteiger partial charge in [0, 0.05) is 24.4 Å². The maximum Gasteiger partial charge on any atom is 0.271 e. The van der Waals surface area contributed by atoms with E-state index >= 15 is 0 Å². The number of nitrogens with two attached hydrogens (primary N) is 1. The largest absolute Gasteiger partial charge is 0.329 e. The molecule has 1 saturated carbocycles. The molecule has 114 valence electrons. The molecule has 1 aromatic rings. The van der Waals surface area contributed by atoms with Gasteiger partial charge in [0.1, 0.15) is 0 Å². The van der Waals surface area contributed by atoms with Crippen molar-refractivity contribution in [2.24, 2.45) is 17.1 Å². The number of hydrogen-bond acceptors (Lipinski definition) is 4. The fourth-order valence-corrected chi connectivity index (χ4v) is 2.80. The lowest BCUT2D eigenvalue weighted by atomic mass is 9.70. The van der Waals surface area contributed by atoms with Gasteiger partial charge < -0.3 is 11.1 Å². The number of carbonyl (C=O) groups is 1. The average molecular weight is 291 g/mol. The Kier molecular flexibility index (Phi) is 4.57. The number of benzene rings is 1. The quantitative estimate of drug-likeness (QED) is 0.658. The highest BCUT2D eigenvalue weighted by Gasteiger charge is 2.39. The van der Waals surface area contributed by atoms with Crippen LogP contribution in [-0.2, 0) is 4.79 Å². The topological polar surface area (TPSA) is 98.3 Å². The number of amides is 1. The second kappa shape index (κ2) is 6.22. The van der Waals surface area contributed by atoms with Gasteiger partial charge in [0.25, 0.3) is 5.69 Å². The summed E-state index contributed by atoms with van der Waals surface area (Å²) in [6.07, 6.45) is 3.51. The van der Waals surface area contributed by atoms with Crippen LogP contribution in [0.4, 0.5) is 11.4 Å². The summed E-state index contributed by atoms with van der Waals surface area (Å²) in [6, 6.07) is 5.98. The van der Waals surface area contributed by atoms with Gasteiger partial charge >= 0.3 is 0 Å². The third-order valence-electron chi connectivity index (χ3n) is 4.42. The van der Waals surface area contributed by atoms with Gasteiger partial charge in [-0.2, -0.15) is 0 Å². The predicted octanol–water partition coefficient (Wildman–Crippen LogP) is 2.69. The van der Waals surface area contributed by atoms with Crippen molar-refractivity contribution in [1.82, 2.24) is 0 Å². The molecule has 0 heterocycles. The molecule has 0 aromatic heterocycles. The molecule has 21 heavy (non-hydrogen) atoms. The minimum absolute atomic E-state index is 0.0353. The third kappa shape index (κ3) is 3.39. The monoisotopic (exact) mass is 291 g/mol. The Labute approximate surface area is 123 Å². The molecule has 1 amide bonds. The summed E-state index contributed by atoms with van der Waals surface area (Å²) in [5.74, 6) is 0.493. The van der Waals surface area contributed by atoms with Crippen LogP contribution in [0.15, 0.2) is 24.3 Å². The zero-order valence-corrected chi connectivity index (χ0v) is 12.2. The summed E-state index contributed by atoms with van der Waals surface area (Å²) in [7, 11) is 0. The van der Waals surface area contributed by atoms with Crippen molar-refractivity contribution in [1.29, 1.82) is 0 Å². The average Bonchev–Trinajstić information content (AvgIpc) is 2.48. The molecule has 6 nitrogen and oxygen atoms in total. The van der Waals surface area contributed by atoms with Crippen LogP contribution in [0.25, 0.3) is 0 Å². The van der Waals surface area contributed by atoms with Crippen LogP contribution in [-0.4, -0.2) is 17.4 Å². The minimum atomic E-state index is -0.545. The zero-order valence-electron chi connectivity index (χ0n) is 12.2. The molecule has 0 radical (unpaired) electrons. The SMILES string of the molecule is CC1CCC(CN)(C(=O)Nc2cccc([N+](=O)[O-])c2)CC1. The molecule has 2 rings (SSSR count). The first-order valence-corrected chi connectivity index (χ1v) is 7.23. The summed E-state index contributed by atoms with van der Waals surface area (Å²) in [6.45, 7) is 2.49. The molecule has 0 spiro atoms. The molecule has 0 atom stereocenters. The fourth-order valence-electron chi connectivity index (χ4n) is 2.80. The van der Waals surface area contributed by atoms with Crippen molar-refractivity contribution < 1.29 is 9.72 Å². The Balaban J connectivity index is 2.13. The lowest BCUT2D eigenvalue weighted by molar-refractivity contribution is -0.384. The molecule has 0 saturated heterocycles. The van der Waals surface area contributed by atoms with E-state index in [-0.39, 0.29) is 11.6 Å². The fraction of sp³-hybridized carbons (Fsp3) is 0.533. The number of nitrogens with zero attached hydrogens (tertiary/aromatic N) is 1. The number of anilines is 1. The number of nitro groups is 1. The Morgan fingerprint density at radius 3 is 2.71 bits per heavy atom. The zero-order chi connectivity index (χ0) is 15.5. The molecule has 1 aromatic carbocycles. The molecular formula is C15H21N3O3. The van der Waals surface area contributed by atoms with Gasteiger partial charge in [-0.15, -0.1) is 0 Å². The molecular weight excluding hydrogens is 270 g/mol. The van der Waals surface area contributed by atoms with Crippen LogP contribution in [0.1, 0.15) is 32.6 Å². The first-order valence-electron chi connectivity index (χ1n) is 7.23. The lowest BCUT2D eigenvalue weighted by Crippen LogP contribution is -2.44. The first-order chi connectivity index (χ1) is 9.97. The second-order valence-corrected chi connectivity index (χ2v) is 5.93. The molecule has 1 fully saturated rings. The van der Waals surface area contributed by atoms with E-state index in [1.165, 1.54) is 12.1 Å². The van der Waals surface area contributed by atoms with Gasteiger partial charge in [-0.1, -0.05) is 13.0 Å². The summed E-state index contributed by atoms with van der Waals surface area (Å²) in [5, 5.41) is 13.6. The lowest BCUT2D eigenvalue weighted by Gasteiger charge is -2.37. The van der Waals surface area contributed by atoms with Crippen LogP contribution >= 0.6 is 0 Å². The minimum Gasteiger partial charge on any atom is -0.329 e. The van der Waals surface area contributed by atoms with Gasteiger partial charge in [0.05, 0.1) is 10.3 Å². The Hall–Kier alpha value is -1.95. The van der Waals surface area contributed by atoms with E-state index in [1.54, 1.807) is 12.1 Å². The van der Waals surface area contributed by atoms with Crippen molar-refractivity contribution in [3.05, 3.63) is 34.4 Å². The predicted molar refractivity (Wildman–Crippen MR) is 80.8 cm³/mol. The van der Waals surface area contributed by atoms with E-state index < -0.39 is 10.3 Å². The molecule has 3 N–H and O–H groups in total. The van der Waals surface area contributed by atoms with Gasteiger partial charge in [0.2, 0.25) is 5.91 Å². The Morgan fingerprint density at radius 2 is 2.14 bits per heavy atom. The van der Waals surface area contributed by atoms with Crippen LogP contribution in [0, 0.1) is 21.4 Å². The van der Waals surface area contributed by atoms with Crippen LogP contribution in [0.5, 0.6) is 0 Å². The van der Waals surface area contributed by atoms with E-state index in [4.69, 9.17) is 5.73 Å². The van der Waals surface area contributed by atoms with E-state index in [0.29, 0.717) is 18.2 Å². The van der Waals surface area contributed by atoms with Gasteiger partial charge in [-0.25, -0.2) is 0 Å². The van der Waals surface area contributed by atoms with Gasteiger partial charge in [-0.3, -0.25) is 14.9 Å². The van der Waals surface area contributed by atoms with E-state index in [0.717, 1.165) is 25.7 Å². The molecule has 1 aliphatic carbocycles. The number of nitrogens with one attached hydrogen (secondary N) is 1. The summed E-state index contributed by atoms with van der Waals surface area (Å²) in [4.78, 5) is 22.8. The Bertz CT molecular complexity index is 537. The second-order valence-electron chi connectivity index (χ2n) is 5.93. The summed E-state index contributed by atoms with van der Waals surface area (Å²) in [5.41, 5.74) is 5.71. The van der Waals surface area contributed by atoms with Gasteiger partial charge in [0.15, 0.2) is 0 Å². The molecule has 0 bridgehead atoms. The van der Waals surface area contributed by atoms with E-state index in [2.05, 4.69) is 12.2 Å². The smallest absolute Gasteiger partial charge is 0.271 e. The Morgan fingerprint density at radius 1 is 1.48 bits per heavy atom. The highest BCUT2D eigenvalue weighted by atomic mass is 16.6. The number of carbonyl (C=O) groups excluding carboxylic acids is 1. The number of non-ortho nitro benzene ring substituents is 1. The van der Waals surface area contributed by atoms with Crippen LogP contribution in [0.3, 0.4) is 0 Å². The van der Waals surface area contributed by atoms with Crippen LogP contribution < -0.4 is 11.1 Å². The van der Waals surface area contributed by atoms with E-state index in [1.807, 2.05) is 0 Å². The molecule has 6 heteroatoms. The number of nitro benzene ring substituents is 1.